The number of halogens is 2. The second-order valence-electron chi connectivity index (χ2n) is 7.17. The fraction of sp³-hybridized carbons (Fsp3) is 0.500. The maximum absolute atomic E-state index is 12.8. The van der Waals surface area contributed by atoms with Crippen molar-refractivity contribution < 1.29 is 22.0 Å². The number of nitrogens with zero attached hydrogens (tertiary/aromatic N) is 4. The molecule has 0 saturated heterocycles. The SMILES string of the molecule is CC(C)S(=O)(=O)c1cnn2c1CN(C(=O)Cc1ccnc(C(F)F)c1)[C@@H](C)C2. The lowest BCUT2D eigenvalue weighted by Gasteiger charge is -2.34. The van der Waals surface area contributed by atoms with E-state index in [1.54, 1.807) is 23.4 Å². The molecule has 152 valence electrons. The quantitative estimate of drug-likeness (QED) is 0.753. The molecule has 0 N–H and O–H groups in total. The highest BCUT2D eigenvalue weighted by Crippen LogP contribution is 2.27. The number of hydrogen-bond donors (Lipinski definition) is 0. The van der Waals surface area contributed by atoms with Gasteiger partial charge in [0.2, 0.25) is 5.91 Å². The number of carbonyl (C=O) groups is 1. The number of alkyl halides is 2. The molecule has 2 aromatic rings. The fourth-order valence-electron chi connectivity index (χ4n) is 3.20. The molecule has 0 radical (unpaired) electrons. The van der Waals surface area contributed by atoms with E-state index in [2.05, 4.69) is 10.1 Å². The van der Waals surface area contributed by atoms with Crippen molar-refractivity contribution >= 4 is 15.7 Å². The van der Waals surface area contributed by atoms with Crippen molar-refractivity contribution in [1.29, 1.82) is 0 Å². The van der Waals surface area contributed by atoms with Gasteiger partial charge in [0, 0.05) is 12.2 Å². The molecular formula is C18H22F2N4O3S. The smallest absolute Gasteiger partial charge is 0.280 e. The summed E-state index contributed by atoms with van der Waals surface area (Å²) in [5.41, 5.74) is 0.542. The van der Waals surface area contributed by atoms with Crippen LogP contribution in [0.5, 0.6) is 0 Å². The normalized spacial score (nSPS) is 17.2. The molecule has 2 aromatic heterocycles. The third-order valence-corrected chi connectivity index (χ3v) is 7.07. The van der Waals surface area contributed by atoms with Crippen LogP contribution in [0.15, 0.2) is 29.4 Å². The largest absolute Gasteiger partial charge is 0.332 e. The van der Waals surface area contributed by atoms with Gasteiger partial charge in [-0.1, -0.05) is 0 Å². The minimum absolute atomic E-state index is 0.0625. The number of aromatic nitrogens is 3. The first-order valence-electron chi connectivity index (χ1n) is 8.92. The highest BCUT2D eigenvalue weighted by atomic mass is 32.2. The number of hydrogen-bond acceptors (Lipinski definition) is 5. The molecule has 0 bridgehead atoms. The van der Waals surface area contributed by atoms with Gasteiger partial charge in [0.15, 0.2) is 9.84 Å². The molecule has 0 spiro atoms. The van der Waals surface area contributed by atoms with Gasteiger partial charge in [-0.05, 0) is 38.5 Å². The predicted molar refractivity (Wildman–Crippen MR) is 97.5 cm³/mol. The Balaban J connectivity index is 1.85. The number of carbonyl (C=O) groups excluding carboxylic acids is 1. The Morgan fingerprint density at radius 2 is 2.07 bits per heavy atom. The topological polar surface area (TPSA) is 85.2 Å². The summed E-state index contributed by atoms with van der Waals surface area (Å²) in [7, 11) is -3.53. The van der Waals surface area contributed by atoms with Crippen LogP contribution in [-0.4, -0.2) is 45.3 Å². The maximum atomic E-state index is 12.8. The molecule has 0 aromatic carbocycles. The van der Waals surface area contributed by atoms with E-state index in [9.17, 15) is 22.0 Å². The number of amides is 1. The maximum Gasteiger partial charge on any atom is 0.280 e. The van der Waals surface area contributed by atoms with E-state index in [-0.39, 0.29) is 35.5 Å². The Kier molecular flexibility index (Phi) is 5.51. The first-order chi connectivity index (χ1) is 13.1. The van der Waals surface area contributed by atoms with Crippen LogP contribution in [0.2, 0.25) is 0 Å². The van der Waals surface area contributed by atoms with Crippen molar-refractivity contribution in [2.24, 2.45) is 0 Å². The highest BCUT2D eigenvalue weighted by Gasteiger charge is 2.33. The van der Waals surface area contributed by atoms with E-state index < -0.39 is 21.5 Å². The van der Waals surface area contributed by atoms with E-state index >= 15 is 0 Å². The van der Waals surface area contributed by atoms with E-state index in [0.29, 0.717) is 17.8 Å². The Bertz CT molecular complexity index is 988. The molecule has 0 fully saturated rings. The van der Waals surface area contributed by atoms with Gasteiger partial charge in [-0.3, -0.25) is 14.5 Å². The average Bonchev–Trinajstić information content (AvgIpc) is 3.04. The first-order valence-corrected chi connectivity index (χ1v) is 10.5. The van der Waals surface area contributed by atoms with E-state index in [1.165, 1.54) is 24.5 Å². The lowest BCUT2D eigenvalue weighted by Crippen LogP contribution is -2.46. The Morgan fingerprint density at radius 3 is 2.71 bits per heavy atom. The van der Waals surface area contributed by atoms with E-state index in [1.807, 2.05) is 6.92 Å². The molecule has 10 heteroatoms. The summed E-state index contributed by atoms with van der Waals surface area (Å²) < 4.78 is 52.4. The molecule has 1 aliphatic rings. The van der Waals surface area contributed by atoms with E-state index in [0.717, 1.165) is 0 Å². The van der Waals surface area contributed by atoms with Crippen LogP contribution in [0.25, 0.3) is 0 Å². The van der Waals surface area contributed by atoms with Gasteiger partial charge in [0.1, 0.15) is 10.6 Å². The zero-order valence-electron chi connectivity index (χ0n) is 15.8. The second kappa shape index (κ2) is 7.57. The Hall–Kier alpha value is -2.36. The molecule has 3 heterocycles. The molecule has 0 aliphatic carbocycles. The lowest BCUT2D eigenvalue weighted by molar-refractivity contribution is -0.134. The highest BCUT2D eigenvalue weighted by molar-refractivity contribution is 7.92. The van der Waals surface area contributed by atoms with Crippen molar-refractivity contribution in [3.8, 4) is 0 Å². The summed E-state index contributed by atoms with van der Waals surface area (Å²) in [6, 6.07) is 2.54. The average molecular weight is 412 g/mol. The predicted octanol–water partition coefficient (Wildman–Crippen LogP) is 2.37. The fourth-order valence-corrected chi connectivity index (χ4v) is 4.40. The van der Waals surface area contributed by atoms with Crippen molar-refractivity contribution in [2.75, 3.05) is 0 Å². The molecule has 1 amide bonds. The van der Waals surface area contributed by atoms with Crippen molar-refractivity contribution in [2.45, 2.75) is 62.9 Å². The number of sulfone groups is 1. The van der Waals surface area contributed by atoms with Gasteiger partial charge >= 0.3 is 0 Å². The van der Waals surface area contributed by atoms with E-state index in [4.69, 9.17) is 0 Å². The van der Waals surface area contributed by atoms with Crippen LogP contribution >= 0.6 is 0 Å². The monoisotopic (exact) mass is 412 g/mol. The summed E-state index contributed by atoms with van der Waals surface area (Å²) in [6.45, 7) is 5.51. The minimum Gasteiger partial charge on any atom is -0.332 e. The molecule has 28 heavy (non-hydrogen) atoms. The zero-order chi connectivity index (χ0) is 20.6. The molecule has 7 nitrogen and oxygen atoms in total. The summed E-state index contributed by atoms with van der Waals surface area (Å²) in [4.78, 5) is 18.1. The van der Waals surface area contributed by atoms with Crippen LogP contribution < -0.4 is 0 Å². The number of rotatable bonds is 5. The van der Waals surface area contributed by atoms with Gasteiger partial charge in [-0.25, -0.2) is 17.2 Å². The van der Waals surface area contributed by atoms with Gasteiger partial charge in [-0.15, -0.1) is 0 Å². The third kappa shape index (κ3) is 3.78. The first kappa shape index (κ1) is 20.4. The van der Waals surface area contributed by atoms with Gasteiger partial charge in [0.25, 0.3) is 6.43 Å². The molecular weight excluding hydrogens is 390 g/mol. The lowest BCUT2D eigenvalue weighted by atomic mass is 10.1. The molecule has 3 rings (SSSR count). The van der Waals surface area contributed by atoms with Crippen LogP contribution in [-0.2, 0) is 34.1 Å². The van der Waals surface area contributed by atoms with Crippen LogP contribution in [0.1, 0.15) is 44.1 Å². The summed E-state index contributed by atoms with van der Waals surface area (Å²) in [5, 5.41) is 3.57. The number of fused-ring (bicyclic) bond motifs is 1. The minimum atomic E-state index is -3.53. The molecule has 1 aliphatic heterocycles. The van der Waals surface area contributed by atoms with Gasteiger partial charge < -0.3 is 4.90 Å². The van der Waals surface area contributed by atoms with Crippen molar-refractivity contribution in [3.05, 3.63) is 41.5 Å². The standard InChI is InChI=1S/C18H22F2N4O3S/c1-11(2)28(26,27)16-8-22-24-9-12(3)23(10-15(16)24)17(25)7-13-4-5-21-14(6-13)18(19)20/h4-6,8,11-12,18H,7,9-10H2,1-3H3/t12-/m0/s1. The molecule has 0 unspecified atom stereocenters. The second-order valence-corrected chi connectivity index (χ2v) is 9.64. The van der Waals surface area contributed by atoms with Crippen LogP contribution in [0, 0.1) is 0 Å². The summed E-state index contributed by atoms with van der Waals surface area (Å²) in [6.07, 6.45) is -0.176. The van der Waals surface area contributed by atoms with Crippen LogP contribution in [0.3, 0.4) is 0 Å². The van der Waals surface area contributed by atoms with Gasteiger partial charge in [0.05, 0.1) is 36.7 Å². The zero-order valence-corrected chi connectivity index (χ0v) is 16.7. The van der Waals surface area contributed by atoms with Gasteiger partial charge in [-0.2, -0.15) is 5.10 Å². The Morgan fingerprint density at radius 1 is 1.36 bits per heavy atom. The third-order valence-electron chi connectivity index (χ3n) is 4.87. The molecule has 0 saturated carbocycles. The van der Waals surface area contributed by atoms with Crippen LogP contribution in [0.4, 0.5) is 8.78 Å². The number of pyridine rings is 1. The molecule has 1 atom stereocenters. The summed E-state index contributed by atoms with van der Waals surface area (Å²) in [5.74, 6) is -0.265. The van der Waals surface area contributed by atoms with Crippen molar-refractivity contribution in [1.82, 2.24) is 19.7 Å². The summed E-state index contributed by atoms with van der Waals surface area (Å²) >= 11 is 0. The Labute approximate surface area is 162 Å². The van der Waals surface area contributed by atoms with Crippen molar-refractivity contribution in [3.63, 3.8) is 0 Å².